The van der Waals surface area contributed by atoms with Gasteiger partial charge in [-0.1, -0.05) is 62.7 Å². The van der Waals surface area contributed by atoms with Gasteiger partial charge >= 0.3 is 0 Å². The Labute approximate surface area is 150 Å². The second-order valence-corrected chi connectivity index (χ2v) is 7.39. The summed E-state index contributed by atoms with van der Waals surface area (Å²) in [7, 11) is 1.75. The summed E-state index contributed by atoms with van der Waals surface area (Å²) in [4.78, 5) is 8.67. The van der Waals surface area contributed by atoms with Crippen molar-refractivity contribution in [1.29, 1.82) is 0 Å². The number of hydrogen-bond acceptors (Lipinski definition) is 4. The molecule has 0 aliphatic heterocycles. The number of rotatable bonds is 5. The quantitative estimate of drug-likeness (QED) is 0.644. The van der Waals surface area contributed by atoms with Gasteiger partial charge in [0, 0.05) is 19.0 Å². The lowest BCUT2D eigenvalue weighted by Gasteiger charge is -2.16. The van der Waals surface area contributed by atoms with Crippen LogP contribution in [0.15, 0.2) is 33.8 Å². The van der Waals surface area contributed by atoms with Gasteiger partial charge in [-0.25, -0.2) is 0 Å². The fourth-order valence-electron chi connectivity index (χ4n) is 2.36. The van der Waals surface area contributed by atoms with E-state index in [4.69, 9.17) is 4.52 Å². The van der Waals surface area contributed by atoms with Crippen molar-refractivity contribution in [2.24, 2.45) is 4.99 Å². The van der Waals surface area contributed by atoms with Crippen LogP contribution < -0.4 is 10.6 Å². The topological polar surface area (TPSA) is 75.3 Å². The predicted molar refractivity (Wildman–Crippen MR) is 101 cm³/mol. The zero-order chi connectivity index (χ0) is 18.4. The summed E-state index contributed by atoms with van der Waals surface area (Å²) in [5.41, 5.74) is 2.45. The molecule has 2 rings (SSSR count). The molecule has 0 radical (unpaired) electrons. The molecule has 6 nitrogen and oxygen atoms in total. The summed E-state index contributed by atoms with van der Waals surface area (Å²) in [5, 5.41) is 10.6. The first kappa shape index (κ1) is 19.0. The Morgan fingerprint density at radius 1 is 1.28 bits per heavy atom. The largest absolute Gasteiger partial charge is 0.356 e. The maximum absolute atomic E-state index is 5.30. The van der Waals surface area contributed by atoms with Crippen molar-refractivity contribution < 1.29 is 4.52 Å². The standard InChI is InChI=1S/C19H29N5O/c1-13-8-7-9-15(10-13)14(2)11-21-18(20-6)22-12-16-23-17(25-24-16)19(3,4)5/h7-10,14H,11-12H2,1-6H3,(H2,20,21,22). The maximum Gasteiger partial charge on any atom is 0.232 e. The van der Waals surface area contributed by atoms with Crippen molar-refractivity contribution in [3.8, 4) is 0 Å². The van der Waals surface area contributed by atoms with Gasteiger partial charge in [-0.3, -0.25) is 4.99 Å². The number of aryl methyl sites for hydroxylation is 1. The third kappa shape index (κ3) is 5.59. The van der Waals surface area contributed by atoms with Crippen molar-refractivity contribution in [3.63, 3.8) is 0 Å². The summed E-state index contributed by atoms with van der Waals surface area (Å²) in [6.45, 7) is 11.7. The van der Waals surface area contributed by atoms with E-state index >= 15 is 0 Å². The molecule has 6 heteroatoms. The van der Waals surface area contributed by atoms with E-state index in [1.54, 1.807) is 7.05 Å². The molecular formula is C19H29N5O. The van der Waals surface area contributed by atoms with Gasteiger partial charge in [0.05, 0.1) is 6.54 Å². The molecule has 0 saturated heterocycles. The van der Waals surface area contributed by atoms with Crippen molar-refractivity contribution in [2.75, 3.05) is 13.6 Å². The summed E-state index contributed by atoms with van der Waals surface area (Å²) >= 11 is 0. The third-order valence-corrected chi connectivity index (χ3v) is 3.93. The molecular weight excluding hydrogens is 314 g/mol. The highest BCUT2D eigenvalue weighted by Gasteiger charge is 2.21. The van der Waals surface area contributed by atoms with Gasteiger partial charge in [-0.05, 0) is 18.4 Å². The number of guanidine groups is 1. The Kier molecular flexibility index (Phi) is 6.17. The Balaban J connectivity index is 1.85. The molecule has 1 aromatic heterocycles. The molecule has 0 bridgehead atoms. The second kappa shape index (κ2) is 8.14. The predicted octanol–water partition coefficient (Wildman–Crippen LogP) is 3.14. The minimum Gasteiger partial charge on any atom is -0.356 e. The number of benzene rings is 1. The fourth-order valence-corrected chi connectivity index (χ4v) is 2.36. The fraction of sp³-hybridized carbons (Fsp3) is 0.526. The molecule has 2 N–H and O–H groups in total. The highest BCUT2D eigenvalue weighted by Crippen LogP contribution is 2.19. The highest BCUT2D eigenvalue weighted by atomic mass is 16.5. The van der Waals surface area contributed by atoms with Crippen LogP contribution in [0.2, 0.25) is 0 Å². The van der Waals surface area contributed by atoms with E-state index < -0.39 is 0 Å². The molecule has 2 aromatic rings. The lowest BCUT2D eigenvalue weighted by Crippen LogP contribution is -2.38. The van der Waals surface area contributed by atoms with Crippen molar-refractivity contribution in [1.82, 2.24) is 20.8 Å². The van der Waals surface area contributed by atoms with E-state index in [1.807, 2.05) is 20.8 Å². The van der Waals surface area contributed by atoms with Crippen LogP contribution in [-0.2, 0) is 12.0 Å². The number of nitrogens with one attached hydrogen (secondary N) is 2. The van der Waals surface area contributed by atoms with Gasteiger partial charge in [0.25, 0.3) is 0 Å². The molecule has 0 saturated carbocycles. The monoisotopic (exact) mass is 343 g/mol. The molecule has 0 aliphatic carbocycles. The zero-order valence-corrected chi connectivity index (χ0v) is 16.1. The third-order valence-electron chi connectivity index (χ3n) is 3.93. The van der Waals surface area contributed by atoms with Crippen LogP contribution in [-0.4, -0.2) is 29.7 Å². The van der Waals surface area contributed by atoms with Crippen LogP contribution in [0.25, 0.3) is 0 Å². The average molecular weight is 343 g/mol. The van der Waals surface area contributed by atoms with Crippen LogP contribution in [0.1, 0.15) is 56.5 Å². The van der Waals surface area contributed by atoms with E-state index in [0.717, 1.165) is 12.5 Å². The first-order chi connectivity index (χ1) is 11.8. The molecule has 1 unspecified atom stereocenters. The average Bonchev–Trinajstić information content (AvgIpc) is 3.04. The molecule has 25 heavy (non-hydrogen) atoms. The smallest absolute Gasteiger partial charge is 0.232 e. The van der Waals surface area contributed by atoms with Crippen LogP contribution in [0.3, 0.4) is 0 Å². The molecule has 1 heterocycles. The maximum atomic E-state index is 5.30. The molecule has 0 aliphatic rings. The van der Waals surface area contributed by atoms with Gasteiger partial charge in [0.2, 0.25) is 5.89 Å². The van der Waals surface area contributed by atoms with E-state index in [2.05, 4.69) is 63.9 Å². The Bertz CT molecular complexity index is 715. The SMILES string of the molecule is CN=C(NCc1noc(C(C)(C)C)n1)NCC(C)c1cccc(C)c1. The van der Waals surface area contributed by atoms with Crippen LogP contribution in [0.4, 0.5) is 0 Å². The van der Waals surface area contributed by atoms with Crippen molar-refractivity contribution in [3.05, 3.63) is 47.1 Å². The summed E-state index contributed by atoms with van der Waals surface area (Å²) in [5.74, 6) is 2.37. The number of aromatic nitrogens is 2. The minimum absolute atomic E-state index is 0.144. The molecule has 0 spiro atoms. The highest BCUT2D eigenvalue weighted by molar-refractivity contribution is 5.79. The van der Waals surface area contributed by atoms with Crippen LogP contribution in [0.5, 0.6) is 0 Å². The summed E-state index contributed by atoms with van der Waals surface area (Å²) in [6, 6.07) is 8.58. The van der Waals surface area contributed by atoms with Gasteiger partial charge < -0.3 is 15.2 Å². The molecule has 0 fully saturated rings. The zero-order valence-electron chi connectivity index (χ0n) is 16.1. The van der Waals surface area contributed by atoms with Gasteiger partial charge in [0.15, 0.2) is 11.8 Å². The number of nitrogens with zero attached hydrogens (tertiary/aromatic N) is 3. The molecule has 1 atom stereocenters. The van der Waals surface area contributed by atoms with E-state index in [-0.39, 0.29) is 5.41 Å². The minimum atomic E-state index is -0.144. The Morgan fingerprint density at radius 3 is 2.64 bits per heavy atom. The van der Waals surface area contributed by atoms with Gasteiger partial charge in [-0.2, -0.15) is 4.98 Å². The van der Waals surface area contributed by atoms with E-state index in [0.29, 0.717) is 24.2 Å². The van der Waals surface area contributed by atoms with Gasteiger partial charge in [0.1, 0.15) is 0 Å². The first-order valence-corrected chi connectivity index (χ1v) is 8.63. The van der Waals surface area contributed by atoms with Gasteiger partial charge in [-0.15, -0.1) is 0 Å². The molecule has 136 valence electrons. The number of aliphatic imine (C=N–C) groups is 1. The summed E-state index contributed by atoms with van der Waals surface area (Å²) < 4.78 is 5.30. The molecule has 1 aromatic carbocycles. The van der Waals surface area contributed by atoms with Crippen molar-refractivity contribution >= 4 is 5.96 Å². The van der Waals surface area contributed by atoms with E-state index in [1.165, 1.54) is 11.1 Å². The summed E-state index contributed by atoms with van der Waals surface area (Å²) in [6.07, 6.45) is 0. The van der Waals surface area contributed by atoms with E-state index in [9.17, 15) is 0 Å². The lowest BCUT2D eigenvalue weighted by atomic mass is 9.97. The van der Waals surface area contributed by atoms with Crippen molar-refractivity contribution in [2.45, 2.75) is 52.5 Å². The lowest BCUT2D eigenvalue weighted by molar-refractivity contribution is 0.318. The van der Waals surface area contributed by atoms with Crippen LogP contribution >= 0.6 is 0 Å². The number of hydrogen-bond donors (Lipinski definition) is 2. The van der Waals surface area contributed by atoms with Crippen LogP contribution in [0, 0.1) is 6.92 Å². The Morgan fingerprint density at radius 2 is 2.04 bits per heavy atom. The second-order valence-electron chi connectivity index (χ2n) is 7.39. The molecule has 0 amide bonds. The normalized spacial score (nSPS) is 13.6. The first-order valence-electron chi connectivity index (χ1n) is 8.63. The Hall–Kier alpha value is -2.37.